The van der Waals surface area contributed by atoms with E-state index < -0.39 is 11.9 Å². The maximum Gasteiger partial charge on any atom is 0.340 e. The first-order valence-electron chi connectivity index (χ1n) is 5.35. The van der Waals surface area contributed by atoms with E-state index in [0.717, 1.165) is 0 Å². The Hall–Kier alpha value is -1.75. The first kappa shape index (κ1) is 14.3. The van der Waals surface area contributed by atoms with E-state index in [9.17, 15) is 9.59 Å². The highest BCUT2D eigenvalue weighted by Gasteiger charge is 2.13. The zero-order valence-electron chi connectivity index (χ0n) is 10.2. The van der Waals surface area contributed by atoms with Crippen LogP contribution in [0.5, 0.6) is 0 Å². The van der Waals surface area contributed by atoms with Crippen LogP contribution in [0.4, 0.5) is 5.69 Å². The van der Waals surface area contributed by atoms with E-state index in [1.54, 1.807) is 19.1 Å². The molecule has 1 N–H and O–H groups in total. The van der Waals surface area contributed by atoms with Gasteiger partial charge in [-0.25, -0.2) is 4.79 Å². The molecule has 0 aliphatic heterocycles. The number of esters is 2. The summed E-state index contributed by atoms with van der Waals surface area (Å²) < 4.78 is 9.40. The largest absolute Gasteiger partial charge is 0.465 e. The van der Waals surface area contributed by atoms with Gasteiger partial charge in [-0.1, -0.05) is 11.6 Å². The zero-order valence-corrected chi connectivity index (χ0v) is 10.9. The highest BCUT2D eigenvalue weighted by atomic mass is 35.5. The van der Waals surface area contributed by atoms with E-state index in [1.807, 2.05) is 0 Å². The predicted octanol–water partition coefficient (Wildman–Crippen LogP) is 2.10. The monoisotopic (exact) mass is 271 g/mol. The van der Waals surface area contributed by atoms with Crippen LogP contribution in [0.25, 0.3) is 0 Å². The molecule has 0 bridgehead atoms. The van der Waals surface area contributed by atoms with Crippen LogP contribution in [-0.2, 0) is 14.3 Å². The molecule has 98 valence electrons. The number of methoxy groups -OCH3 is 1. The van der Waals surface area contributed by atoms with E-state index in [4.69, 9.17) is 16.3 Å². The van der Waals surface area contributed by atoms with Crippen LogP contribution in [0.1, 0.15) is 17.3 Å². The molecule has 1 aromatic carbocycles. The van der Waals surface area contributed by atoms with Crippen molar-refractivity contribution >= 4 is 29.2 Å². The molecule has 0 saturated heterocycles. The third kappa shape index (κ3) is 3.92. The molecule has 0 unspecified atom stereocenters. The van der Waals surface area contributed by atoms with Crippen molar-refractivity contribution in [2.45, 2.75) is 6.92 Å². The summed E-state index contributed by atoms with van der Waals surface area (Å²) in [7, 11) is 1.28. The lowest BCUT2D eigenvalue weighted by atomic mass is 10.2. The van der Waals surface area contributed by atoms with E-state index in [2.05, 4.69) is 10.1 Å². The number of nitrogens with one attached hydrogen (secondary N) is 1. The van der Waals surface area contributed by atoms with E-state index in [1.165, 1.54) is 13.2 Å². The molecule has 1 aromatic rings. The summed E-state index contributed by atoms with van der Waals surface area (Å²) in [5.41, 5.74) is 0.744. The molecule has 0 aromatic heterocycles. The minimum Gasteiger partial charge on any atom is -0.465 e. The molecule has 0 heterocycles. The molecule has 0 spiro atoms. The summed E-state index contributed by atoms with van der Waals surface area (Å²) in [5.74, 6) is -0.924. The molecule has 6 heteroatoms. The van der Waals surface area contributed by atoms with Gasteiger partial charge >= 0.3 is 11.9 Å². The normalized spacial score (nSPS) is 9.72. The highest BCUT2D eigenvalue weighted by Crippen LogP contribution is 2.21. The molecule has 18 heavy (non-hydrogen) atoms. The van der Waals surface area contributed by atoms with Gasteiger partial charge in [0.1, 0.15) is 6.54 Å². The highest BCUT2D eigenvalue weighted by molar-refractivity contribution is 6.31. The second-order valence-corrected chi connectivity index (χ2v) is 3.78. The molecule has 0 aliphatic carbocycles. The van der Waals surface area contributed by atoms with E-state index >= 15 is 0 Å². The van der Waals surface area contributed by atoms with Crippen molar-refractivity contribution in [3.8, 4) is 0 Å². The number of carbonyl (C=O) groups is 2. The number of carbonyl (C=O) groups excluding carboxylic acids is 2. The lowest BCUT2D eigenvalue weighted by molar-refractivity contribution is -0.140. The van der Waals surface area contributed by atoms with Crippen molar-refractivity contribution < 1.29 is 19.1 Å². The van der Waals surface area contributed by atoms with Crippen LogP contribution in [0.2, 0.25) is 5.02 Å². The van der Waals surface area contributed by atoms with Crippen LogP contribution in [0, 0.1) is 0 Å². The number of anilines is 1. The van der Waals surface area contributed by atoms with Crippen LogP contribution < -0.4 is 5.32 Å². The summed E-state index contributed by atoms with van der Waals surface area (Å²) in [6.45, 7) is 2.00. The maximum atomic E-state index is 11.5. The average molecular weight is 272 g/mol. The summed E-state index contributed by atoms with van der Waals surface area (Å²) in [6, 6.07) is 4.69. The second-order valence-electron chi connectivity index (χ2n) is 3.34. The molecule has 0 amide bonds. The Morgan fingerprint density at radius 2 is 2.11 bits per heavy atom. The fraction of sp³-hybridized carbons (Fsp3) is 0.333. The average Bonchev–Trinajstić information content (AvgIpc) is 2.36. The number of hydrogen-bond acceptors (Lipinski definition) is 5. The molecule has 0 atom stereocenters. The molecular weight excluding hydrogens is 258 g/mol. The first-order chi connectivity index (χ1) is 8.58. The van der Waals surface area contributed by atoms with Crippen molar-refractivity contribution in [3.63, 3.8) is 0 Å². The predicted molar refractivity (Wildman–Crippen MR) is 67.9 cm³/mol. The fourth-order valence-corrected chi connectivity index (χ4v) is 1.50. The lowest BCUT2D eigenvalue weighted by Gasteiger charge is -2.10. The van der Waals surface area contributed by atoms with Crippen LogP contribution in [-0.4, -0.2) is 32.2 Å². The number of hydrogen-bond donors (Lipinski definition) is 1. The topological polar surface area (TPSA) is 64.6 Å². The summed E-state index contributed by atoms with van der Waals surface area (Å²) in [4.78, 5) is 22.7. The molecule has 0 radical (unpaired) electrons. The Morgan fingerprint density at radius 1 is 1.39 bits per heavy atom. The zero-order chi connectivity index (χ0) is 13.5. The molecule has 5 nitrogen and oxygen atoms in total. The van der Waals surface area contributed by atoms with Crippen molar-refractivity contribution in [2.75, 3.05) is 25.6 Å². The minimum atomic E-state index is -0.524. The Kier molecular flexibility index (Phi) is 5.45. The van der Waals surface area contributed by atoms with Gasteiger partial charge in [0.2, 0.25) is 0 Å². The van der Waals surface area contributed by atoms with Crippen LogP contribution in [0.3, 0.4) is 0 Å². The standard InChI is InChI=1S/C12H14ClNO4/c1-3-18-11(15)7-14-10-5-4-8(13)6-9(10)12(16)17-2/h4-6,14H,3,7H2,1-2H3. The van der Waals surface area contributed by atoms with Gasteiger partial charge in [-0.2, -0.15) is 0 Å². The molecular formula is C12H14ClNO4. The van der Waals surface area contributed by atoms with Crippen LogP contribution >= 0.6 is 11.6 Å². The summed E-state index contributed by atoms with van der Waals surface area (Å²) in [5, 5.41) is 3.22. The Bertz CT molecular complexity index is 448. The van der Waals surface area contributed by atoms with Crippen LogP contribution in [0.15, 0.2) is 18.2 Å². The van der Waals surface area contributed by atoms with Crippen molar-refractivity contribution in [1.82, 2.24) is 0 Å². The van der Waals surface area contributed by atoms with Gasteiger partial charge in [-0.3, -0.25) is 4.79 Å². The SMILES string of the molecule is CCOC(=O)CNc1ccc(Cl)cc1C(=O)OC. The number of benzene rings is 1. The number of rotatable bonds is 5. The van der Waals surface area contributed by atoms with Gasteiger partial charge in [0.15, 0.2) is 0 Å². The Morgan fingerprint density at radius 3 is 2.72 bits per heavy atom. The van der Waals surface area contributed by atoms with Gasteiger partial charge in [-0.05, 0) is 25.1 Å². The molecule has 0 saturated carbocycles. The van der Waals surface area contributed by atoms with Gasteiger partial charge in [0.05, 0.1) is 19.3 Å². The van der Waals surface area contributed by atoms with E-state index in [-0.39, 0.29) is 12.1 Å². The molecule has 0 fully saturated rings. The van der Waals surface area contributed by atoms with Crippen molar-refractivity contribution in [2.24, 2.45) is 0 Å². The summed E-state index contributed by atoms with van der Waals surface area (Å²) >= 11 is 5.80. The van der Waals surface area contributed by atoms with E-state index in [0.29, 0.717) is 17.3 Å². The van der Waals surface area contributed by atoms with Gasteiger partial charge in [0, 0.05) is 10.7 Å². The maximum absolute atomic E-state index is 11.5. The van der Waals surface area contributed by atoms with Crippen molar-refractivity contribution in [3.05, 3.63) is 28.8 Å². The first-order valence-corrected chi connectivity index (χ1v) is 5.73. The molecule has 0 aliphatic rings. The number of ether oxygens (including phenoxy) is 2. The quantitative estimate of drug-likeness (QED) is 0.831. The third-order valence-electron chi connectivity index (χ3n) is 2.12. The second kappa shape index (κ2) is 6.86. The molecule has 1 rings (SSSR count). The van der Waals surface area contributed by atoms with Gasteiger partial charge < -0.3 is 14.8 Å². The van der Waals surface area contributed by atoms with Gasteiger partial charge in [0.25, 0.3) is 0 Å². The Balaban J connectivity index is 2.81. The fourth-order valence-electron chi connectivity index (χ4n) is 1.33. The smallest absolute Gasteiger partial charge is 0.340 e. The lowest BCUT2D eigenvalue weighted by Crippen LogP contribution is -2.18. The third-order valence-corrected chi connectivity index (χ3v) is 2.35. The summed E-state index contributed by atoms with van der Waals surface area (Å²) in [6.07, 6.45) is 0. The Labute approximate surface area is 110 Å². The number of halogens is 1. The minimum absolute atomic E-state index is 0.0283. The van der Waals surface area contributed by atoms with Crippen molar-refractivity contribution in [1.29, 1.82) is 0 Å². The van der Waals surface area contributed by atoms with Gasteiger partial charge in [-0.15, -0.1) is 0 Å².